The van der Waals surface area contributed by atoms with Crippen LogP contribution in [0.5, 0.6) is 11.5 Å². The highest BCUT2D eigenvalue weighted by Gasteiger charge is 2.29. The number of halogens is 1. The van der Waals surface area contributed by atoms with Gasteiger partial charge in [0.15, 0.2) is 5.75 Å². The van der Waals surface area contributed by atoms with Crippen LogP contribution in [-0.2, 0) is 10.2 Å². The van der Waals surface area contributed by atoms with Gasteiger partial charge in [-0.05, 0) is 68.8 Å². The molecule has 0 amide bonds. The van der Waals surface area contributed by atoms with Gasteiger partial charge in [0.2, 0.25) is 0 Å². The van der Waals surface area contributed by atoms with E-state index < -0.39 is 11.4 Å². The summed E-state index contributed by atoms with van der Waals surface area (Å²) < 4.78 is 6.18. The number of aryl methyl sites for hydroxylation is 1. The molecule has 0 fully saturated rings. The summed E-state index contributed by atoms with van der Waals surface area (Å²) in [7, 11) is 0. The third kappa shape index (κ3) is 5.18. The van der Waals surface area contributed by atoms with Gasteiger partial charge < -0.3 is 15.2 Å². The smallest absolute Gasteiger partial charge is 0.313 e. The normalized spacial score (nSPS) is 11.2. The van der Waals surface area contributed by atoms with E-state index in [9.17, 15) is 9.90 Å². The topological polar surface area (TPSA) is 84.3 Å². The summed E-state index contributed by atoms with van der Waals surface area (Å²) in [5, 5.41) is 13.4. The number of pyridine rings is 2. The van der Waals surface area contributed by atoms with Crippen LogP contribution in [0.25, 0.3) is 11.3 Å². The second-order valence-electron chi connectivity index (χ2n) is 8.42. The maximum Gasteiger partial charge on any atom is 0.313 e. The molecular weight excluding hydrogens is 450 g/mol. The molecule has 2 aromatic heterocycles. The number of hydrogen-bond acceptors (Lipinski definition) is 5. The van der Waals surface area contributed by atoms with E-state index in [1.807, 2.05) is 61.5 Å². The first-order valence-corrected chi connectivity index (χ1v) is 11.1. The summed E-state index contributed by atoms with van der Waals surface area (Å²) in [5.41, 5.74) is 2.82. The third-order valence-electron chi connectivity index (χ3n) is 5.45. The fraction of sp³-hybridized carbons (Fsp3) is 0.148. The van der Waals surface area contributed by atoms with E-state index >= 15 is 0 Å². The van der Waals surface area contributed by atoms with Crippen molar-refractivity contribution in [2.75, 3.05) is 5.32 Å². The molecule has 0 saturated carbocycles. The van der Waals surface area contributed by atoms with Gasteiger partial charge in [-0.1, -0.05) is 35.9 Å². The van der Waals surface area contributed by atoms with Crippen molar-refractivity contribution < 1.29 is 14.6 Å². The van der Waals surface area contributed by atoms with Gasteiger partial charge in [-0.2, -0.15) is 0 Å². The van der Waals surface area contributed by atoms with Gasteiger partial charge in [-0.15, -0.1) is 0 Å². The number of aromatic nitrogens is 2. The van der Waals surface area contributed by atoms with Crippen molar-refractivity contribution in [2.24, 2.45) is 0 Å². The molecular formula is C27H24ClN3O3. The van der Waals surface area contributed by atoms with Crippen molar-refractivity contribution in [3.05, 3.63) is 95.3 Å². The van der Waals surface area contributed by atoms with Crippen LogP contribution in [0.2, 0.25) is 5.02 Å². The van der Waals surface area contributed by atoms with Crippen LogP contribution in [0.4, 0.5) is 11.5 Å². The van der Waals surface area contributed by atoms with Crippen LogP contribution < -0.4 is 10.1 Å². The first-order valence-electron chi connectivity index (χ1n) is 10.7. The quantitative estimate of drug-likeness (QED) is 0.300. The van der Waals surface area contributed by atoms with Gasteiger partial charge in [-0.25, -0.2) is 9.97 Å². The first-order chi connectivity index (χ1) is 16.2. The number of anilines is 2. The van der Waals surface area contributed by atoms with E-state index in [0.717, 1.165) is 16.9 Å². The Labute approximate surface area is 203 Å². The van der Waals surface area contributed by atoms with Crippen molar-refractivity contribution in [2.45, 2.75) is 26.2 Å². The number of carboxylic acid groups (broad SMARTS) is 1. The largest absolute Gasteiger partial charge is 0.481 e. The lowest BCUT2D eigenvalue weighted by Gasteiger charge is -2.20. The Hall–Kier alpha value is -3.90. The Morgan fingerprint density at radius 1 is 1.03 bits per heavy atom. The number of benzene rings is 2. The fourth-order valence-corrected chi connectivity index (χ4v) is 3.59. The zero-order chi connectivity index (χ0) is 24.3. The monoisotopic (exact) mass is 473 g/mol. The van der Waals surface area contributed by atoms with Gasteiger partial charge in [0.25, 0.3) is 0 Å². The Morgan fingerprint density at radius 2 is 1.82 bits per heavy atom. The number of ether oxygens (including phenoxy) is 1. The van der Waals surface area contributed by atoms with Crippen molar-refractivity contribution in [3.63, 3.8) is 0 Å². The highest BCUT2D eigenvalue weighted by molar-refractivity contribution is 6.30. The number of nitrogens with one attached hydrogen (secondary N) is 1. The standard InChI is InChI=1S/C27H24ClN3O3/c1-17-10-11-23(25(30-17)18-6-4-8-20(28)14-18)34-22-12-13-29-24(16-22)31-21-9-5-7-19(15-21)27(2,3)26(32)33/h4-16H,1-3H3,(H,29,31)(H,32,33). The lowest BCUT2D eigenvalue weighted by molar-refractivity contribution is -0.142. The summed E-state index contributed by atoms with van der Waals surface area (Å²) in [4.78, 5) is 20.6. The molecule has 0 saturated heterocycles. The van der Waals surface area contributed by atoms with Crippen LogP contribution in [0.3, 0.4) is 0 Å². The minimum absolute atomic E-state index is 0.562. The van der Waals surface area contributed by atoms with E-state index in [-0.39, 0.29) is 0 Å². The van der Waals surface area contributed by atoms with E-state index in [4.69, 9.17) is 16.3 Å². The predicted molar refractivity (Wildman–Crippen MR) is 134 cm³/mol. The number of hydrogen-bond donors (Lipinski definition) is 2. The van der Waals surface area contributed by atoms with E-state index in [1.165, 1.54) is 0 Å². The number of rotatable bonds is 7. The predicted octanol–water partition coefficient (Wildman–Crippen LogP) is 7.00. The number of carboxylic acids is 1. The SMILES string of the molecule is Cc1ccc(Oc2ccnc(Nc3cccc(C(C)(C)C(=O)O)c3)c2)c(-c2cccc(Cl)c2)n1. The second-order valence-corrected chi connectivity index (χ2v) is 8.86. The Balaban J connectivity index is 1.60. The molecule has 0 unspecified atom stereocenters. The van der Waals surface area contributed by atoms with Crippen molar-refractivity contribution in [1.29, 1.82) is 0 Å². The highest BCUT2D eigenvalue weighted by Crippen LogP contribution is 2.34. The minimum atomic E-state index is -1.01. The molecule has 4 aromatic rings. The maximum absolute atomic E-state index is 11.6. The summed E-state index contributed by atoms with van der Waals surface area (Å²) in [6, 6.07) is 22.1. The molecule has 0 aliphatic heterocycles. The summed E-state index contributed by atoms with van der Waals surface area (Å²) in [6.07, 6.45) is 1.64. The molecule has 0 aliphatic carbocycles. The molecule has 7 heteroatoms. The number of aliphatic carboxylic acids is 1. The molecule has 6 nitrogen and oxygen atoms in total. The Kier molecular flexibility index (Phi) is 6.52. The molecule has 34 heavy (non-hydrogen) atoms. The zero-order valence-electron chi connectivity index (χ0n) is 19.0. The molecule has 2 aromatic carbocycles. The molecule has 4 rings (SSSR count). The van der Waals surface area contributed by atoms with Gasteiger partial charge in [-0.3, -0.25) is 4.79 Å². The fourth-order valence-electron chi connectivity index (χ4n) is 3.40. The van der Waals surface area contributed by atoms with Gasteiger partial charge >= 0.3 is 5.97 Å². The average molecular weight is 474 g/mol. The van der Waals surface area contributed by atoms with E-state index in [2.05, 4.69) is 15.3 Å². The molecule has 0 aliphatic rings. The lowest BCUT2D eigenvalue weighted by Crippen LogP contribution is -2.28. The van der Waals surface area contributed by atoms with Crippen LogP contribution in [-0.4, -0.2) is 21.0 Å². The van der Waals surface area contributed by atoms with E-state index in [1.54, 1.807) is 38.2 Å². The summed E-state index contributed by atoms with van der Waals surface area (Å²) >= 11 is 6.18. The molecule has 0 atom stereocenters. The number of nitrogens with zero attached hydrogens (tertiary/aromatic N) is 2. The van der Waals surface area contributed by atoms with Crippen LogP contribution >= 0.6 is 11.6 Å². The maximum atomic E-state index is 11.6. The molecule has 0 bridgehead atoms. The summed E-state index contributed by atoms with van der Waals surface area (Å²) in [5.74, 6) is 0.844. The van der Waals surface area contributed by atoms with Gasteiger partial charge in [0.05, 0.1) is 5.41 Å². The average Bonchev–Trinajstić information content (AvgIpc) is 2.80. The third-order valence-corrected chi connectivity index (χ3v) is 5.68. The van der Waals surface area contributed by atoms with Crippen molar-refractivity contribution in [3.8, 4) is 22.8 Å². The van der Waals surface area contributed by atoms with Crippen LogP contribution in [0.1, 0.15) is 25.1 Å². The Morgan fingerprint density at radius 3 is 2.59 bits per heavy atom. The van der Waals surface area contributed by atoms with Crippen molar-refractivity contribution >= 4 is 29.1 Å². The molecule has 2 heterocycles. The van der Waals surface area contributed by atoms with Gasteiger partial charge in [0.1, 0.15) is 17.3 Å². The molecule has 0 radical (unpaired) electrons. The molecule has 172 valence electrons. The Bertz CT molecular complexity index is 1350. The zero-order valence-corrected chi connectivity index (χ0v) is 19.8. The van der Waals surface area contributed by atoms with Gasteiger partial charge in [0, 0.05) is 34.2 Å². The van der Waals surface area contributed by atoms with E-state index in [0.29, 0.717) is 33.6 Å². The number of carbonyl (C=O) groups is 1. The van der Waals surface area contributed by atoms with Crippen LogP contribution in [0, 0.1) is 6.92 Å². The second kappa shape index (κ2) is 9.53. The summed E-state index contributed by atoms with van der Waals surface area (Å²) in [6.45, 7) is 5.27. The van der Waals surface area contributed by atoms with Crippen molar-refractivity contribution in [1.82, 2.24) is 9.97 Å². The molecule has 0 spiro atoms. The highest BCUT2D eigenvalue weighted by atomic mass is 35.5. The molecule has 2 N–H and O–H groups in total. The van der Waals surface area contributed by atoms with Crippen LogP contribution in [0.15, 0.2) is 79.0 Å². The minimum Gasteiger partial charge on any atom is -0.481 e. The first kappa shape index (κ1) is 23.3. The lowest BCUT2D eigenvalue weighted by atomic mass is 9.84.